The van der Waals surface area contributed by atoms with Crippen LogP contribution in [0.5, 0.6) is 0 Å². The van der Waals surface area contributed by atoms with Crippen LogP contribution in [0.1, 0.15) is 56.6 Å². The molecule has 3 rings (SSSR count). The van der Waals surface area contributed by atoms with E-state index in [4.69, 9.17) is 14.6 Å². The molecular weight excluding hydrogens is 494 g/mol. The van der Waals surface area contributed by atoms with E-state index in [1.807, 2.05) is 0 Å². The molecule has 0 aromatic heterocycles. The number of amides is 1. The zero-order chi connectivity index (χ0) is 28.6. The molecule has 1 unspecified atom stereocenters. The van der Waals surface area contributed by atoms with Crippen LogP contribution in [0, 0.1) is 0 Å². The number of allylic oxidation sites excluding steroid dienone is 1. The number of carbonyl (C=O) groups excluding carboxylic acids is 1. The summed E-state index contributed by atoms with van der Waals surface area (Å²) in [6.07, 6.45) is 6.87. The van der Waals surface area contributed by atoms with Gasteiger partial charge in [0, 0.05) is 51.7 Å². The number of benzene rings is 1. The van der Waals surface area contributed by atoms with Crippen LogP contribution in [-0.4, -0.2) is 85.9 Å². The van der Waals surface area contributed by atoms with Crippen molar-refractivity contribution in [3.63, 3.8) is 0 Å². The van der Waals surface area contributed by atoms with Crippen LogP contribution in [0.3, 0.4) is 0 Å². The lowest BCUT2D eigenvalue weighted by Crippen LogP contribution is -2.58. The number of hydrogen-bond donors (Lipinski definition) is 1. The third-order valence-electron chi connectivity index (χ3n) is 7.84. The Labute approximate surface area is 233 Å². The molecule has 1 aromatic carbocycles. The maximum Gasteiger partial charge on any atom is 0.335 e. The van der Waals surface area contributed by atoms with Gasteiger partial charge < -0.3 is 29.3 Å². The topological polar surface area (TPSA) is 82.5 Å². The summed E-state index contributed by atoms with van der Waals surface area (Å²) >= 11 is 0. The highest BCUT2D eigenvalue weighted by Crippen LogP contribution is 2.34. The number of aliphatic carboxylic acids is 1. The number of carbonyl (C=O) groups is 2. The molecule has 2 saturated heterocycles. The van der Waals surface area contributed by atoms with Crippen molar-refractivity contribution in [2.45, 2.75) is 57.7 Å². The lowest BCUT2D eigenvalue weighted by Gasteiger charge is -2.47. The molecule has 8 heteroatoms. The molecule has 0 aliphatic carbocycles. The first-order valence-electron chi connectivity index (χ1n) is 13.9. The maximum atomic E-state index is 12.6. The van der Waals surface area contributed by atoms with Crippen LogP contribution >= 0.6 is 0 Å². The van der Waals surface area contributed by atoms with E-state index in [0.717, 1.165) is 51.9 Å². The summed E-state index contributed by atoms with van der Waals surface area (Å²) in [4.78, 5) is 30.1. The third kappa shape index (κ3) is 8.03. The second kappa shape index (κ2) is 13.9. The van der Waals surface area contributed by atoms with Gasteiger partial charge in [-0.1, -0.05) is 45.6 Å². The van der Waals surface area contributed by atoms with Gasteiger partial charge in [-0.2, -0.15) is 0 Å². The fourth-order valence-corrected chi connectivity index (χ4v) is 5.37. The Morgan fingerprint density at radius 1 is 1.28 bits per heavy atom. The molecule has 214 valence electrons. The lowest BCUT2D eigenvalue weighted by molar-refractivity contribution is -0.167. The van der Waals surface area contributed by atoms with E-state index in [-0.39, 0.29) is 18.1 Å². The van der Waals surface area contributed by atoms with Crippen molar-refractivity contribution >= 4 is 17.6 Å². The van der Waals surface area contributed by atoms with Gasteiger partial charge in [0.1, 0.15) is 6.61 Å². The molecule has 1 amide bonds. The van der Waals surface area contributed by atoms with Crippen molar-refractivity contribution in [2.75, 3.05) is 58.4 Å². The Kier molecular flexibility index (Phi) is 10.9. The van der Waals surface area contributed by atoms with Gasteiger partial charge >= 0.3 is 5.97 Å². The molecule has 0 saturated carbocycles. The van der Waals surface area contributed by atoms with E-state index in [2.05, 4.69) is 62.1 Å². The van der Waals surface area contributed by atoms with E-state index in [1.165, 1.54) is 29.0 Å². The largest absolute Gasteiger partial charge is 0.478 e. The van der Waals surface area contributed by atoms with Crippen molar-refractivity contribution in [1.82, 2.24) is 9.80 Å². The first-order valence-corrected chi connectivity index (χ1v) is 13.9. The Hall–Kier alpha value is -2.94. The first-order chi connectivity index (χ1) is 18.6. The van der Waals surface area contributed by atoms with Gasteiger partial charge in [0.15, 0.2) is 0 Å². The predicted octanol–water partition coefficient (Wildman–Crippen LogP) is 4.58. The molecule has 0 bridgehead atoms. The Morgan fingerprint density at radius 2 is 2.00 bits per heavy atom. The molecule has 2 aliphatic rings. The average molecular weight is 540 g/mol. The average Bonchev–Trinajstić information content (AvgIpc) is 2.92. The number of methoxy groups -OCH3 is 1. The number of likely N-dealkylation sites (tertiary alicyclic amines) is 1. The van der Waals surface area contributed by atoms with Crippen LogP contribution < -0.4 is 4.90 Å². The quantitative estimate of drug-likeness (QED) is 0.290. The summed E-state index contributed by atoms with van der Waals surface area (Å²) in [5, 5.41) is 9.03. The number of piperidine rings is 1. The number of ether oxygens (including phenoxy) is 2. The monoisotopic (exact) mass is 539 g/mol. The molecule has 39 heavy (non-hydrogen) atoms. The van der Waals surface area contributed by atoms with Crippen LogP contribution in [0.2, 0.25) is 0 Å². The van der Waals surface area contributed by atoms with Gasteiger partial charge in [-0.05, 0) is 54.5 Å². The fraction of sp³-hybridized carbons (Fsp3) is 0.548. The van der Waals surface area contributed by atoms with Crippen molar-refractivity contribution < 1.29 is 24.2 Å². The lowest BCUT2D eigenvalue weighted by atomic mass is 9.88. The Balaban J connectivity index is 1.64. The van der Waals surface area contributed by atoms with E-state index < -0.39 is 11.6 Å². The van der Waals surface area contributed by atoms with E-state index >= 15 is 0 Å². The number of carboxylic acid groups (broad SMARTS) is 1. The minimum atomic E-state index is -1.10. The zero-order valence-corrected chi connectivity index (χ0v) is 24.1. The predicted molar refractivity (Wildman–Crippen MR) is 155 cm³/mol. The van der Waals surface area contributed by atoms with Crippen molar-refractivity contribution in [2.24, 2.45) is 0 Å². The molecule has 2 fully saturated rings. The van der Waals surface area contributed by atoms with Gasteiger partial charge in [0.2, 0.25) is 0 Å². The van der Waals surface area contributed by atoms with Gasteiger partial charge in [0.05, 0.1) is 24.3 Å². The van der Waals surface area contributed by atoms with Gasteiger partial charge in [-0.15, -0.1) is 0 Å². The van der Waals surface area contributed by atoms with Crippen molar-refractivity contribution in [3.05, 3.63) is 65.9 Å². The third-order valence-corrected chi connectivity index (χ3v) is 7.84. The number of rotatable bonds is 13. The second-order valence-electron chi connectivity index (χ2n) is 10.9. The number of nitrogens with zero attached hydrogens (tertiary/aromatic N) is 3. The van der Waals surface area contributed by atoms with Crippen LogP contribution in [0.25, 0.3) is 0 Å². The Morgan fingerprint density at radius 3 is 2.64 bits per heavy atom. The highest BCUT2D eigenvalue weighted by Gasteiger charge is 2.42. The van der Waals surface area contributed by atoms with Crippen molar-refractivity contribution in [3.8, 4) is 0 Å². The Bertz CT molecular complexity index is 1070. The first kappa shape index (κ1) is 30.6. The van der Waals surface area contributed by atoms with Crippen LogP contribution in [-0.2, 0) is 25.7 Å². The fourth-order valence-electron chi connectivity index (χ4n) is 5.37. The minimum absolute atomic E-state index is 0.00438. The summed E-state index contributed by atoms with van der Waals surface area (Å²) in [5.41, 5.74) is 3.80. The highest BCUT2D eigenvalue weighted by atomic mass is 16.5. The normalized spacial score (nSPS) is 18.5. The molecule has 1 N–H and O–H groups in total. The number of carboxylic acids is 1. The number of anilines is 1. The molecule has 2 aliphatic heterocycles. The summed E-state index contributed by atoms with van der Waals surface area (Å²) < 4.78 is 11.5. The van der Waals surface area contributed by atoms with E-state index in [0.29, 0.717) is 24.8 Å². The van der Waals surface area contributed by atoms with Crippen LogP contribution in [0.15, 0.2) is 54.8 Å². The summed E-state index contributed by atoms with van der Waals surface area (Å²) in [7, 11) is 3.91. The molecule has 1 aromatic rings. The molecule has 8 nitrogen and oxygen atoms in total. The van der Waals surface area contributed by atoms with Gasteiger partial charge in [0.25, 0.3) is 5.91 Å². The SMILES string of the molecule is C=C(/C=C\C(=C)N1CC2(CCN(CC(C)c3ccc(COC)cc3N(C)CCCC)CC2)OCC1=O)C(=O)O. The second-order valence-corrected chi connectivity index (χ2v) is 10.9. The minimum Gasteiger partial charge on any atom is -0.478 e. The molecular formula is C31H45N3O5. The highest BCUT2D eigenvalue weighted by molar-refractivity contribution is 5.89. The molecule has 2 heterocycles. The summed E-state index contributed by atoms with van der Waals surface area (Å²) in [6, 6.07) is 6.70. The van der Waals surface area contributed by atoms with Gasteiger partial charge in [-0.25, -0.2) is 4.79 Å². The maximum absolute atomic E-state index is 12.6. The van der Waals surface area contributed by atoms with Gasteiger partial charge in [-0.3, -0.25) is 4.79 Å². The molecule has 1 spiro atoms. The number of hydrogen-bond acceptors (Lipinski definition) is 6. The van der Waals surface area contributed by atoms with E-state index in [1.54, 1.807) is 12.0 Å². The smallest absolute Gasteiger partial charge is 0.335 e. The summed E-state index contributed by atoms with van der Waals surface area (Å²) in [5.74, 6) is -0.910. The molecule has 1 atom stereocenters. The van der Waals surface area contributed by atoms with E-state index in [9.17, 15) is 9.59 Å². The standard InChI is InChI=1S/C31H45N3O5/c1-7-8-15-32(5)28-18-26(20-38-6)11-12-27(28)24(3)19-33-16-13-31(14-17-33)22-34(29(35)21-39-31)25(4)10-9-23(2)30(36)37/h9-12,18,24H,2,4,7-8,13-17,19-22H2,1,3,5-6H3,(H,36,37)/b10-9-. The molecule has 0 radical (unpaired) electrons. The zero-order valence-electron chi connectivity index (χ0n) is 24.1. The van der Waals surface area contributed by atoms with Crippen LogP contribution in [0.4, 0.5) is 5.69 Å². The number of unbranched alkanes of at least 4 members (excludes halogenated alkanes) is 1. The number of morpholine rings is 1. The summed E-state index contributed by atoms with van der Waals surface area (Å²) in [6.45, 7) is 16.8. The van der Waals surface area contributed by atoms with Crippen molar-refractivity contribution in [1.29, 1.82) is 0 Å².